The van der Waals surface area contributed by atoms with Crippen LogP contribution in [0.2, 0.25) is 0 Å². The van der Waals surface area contributed by atoms with Gasteiger partial charge in [-0.05, 0) is 32.9 Å². The van der Waals surface area contributed by atoms with Gasteiger partial charge in [-0.15, -0.1) is 0 Å². The summed E-state index contributed by atoms with van der Waals surface area (Å²) in [5.74, 6) is -0.350. The van der Waals surface area contributed by atoms with Gasteiger partial charge >= 0.3 is 0 Å². The van der Waals surface area contributed by atoms with Crippen molar-refractivity contribution in [3.05, 3.63) is 52.3 Å². The second-order valence-corrected chi connectivity index (χ2v) is 5.73. The van der Waals surface area contributed by atoms with Gasteiger partial charge in [0.25, 0.3) is 5.36 Å². The Hall–Kier alpha value is -2.74. The number of benzene rings is 1. The van der Waals surface area contributed by atoms with Crippen LogP contribution in [0.1, 0.15) is 20.8 Å². The van der Waals surface area contributed by atoms with Gasteiger partial charge in [0.1, 0.15) is 6.20 Å². The highest BCUT2D eigenvalue weighted by molar-refractivity contribution is 5.53. The first-order chi connectivity index (χ1) is 10.3. The van der Waals surface area contributed by atoms with E-state index in [4.69, 9.17) is 0 Å². The van der Waals surface area contributed by atoms with Gasteiger partial charge in [0.2, 0.25) is 5.88 Å². The predicted molar refractivity (Wildman–Crippen MR) is 83.7 cm³/mol. The van der Waals surface area contributed by atoms with Gasteiger partial charge in [-0.1, -0.05) is 18.2 Å². The molecule has 1 aromatic carbocycles. The molecule has 0 radical (unpaired) electrons. The van der Waals surface area contributed by atoms with Crippen LogP contribution in [0.3, 0.4) is 0 Å². The van der Waals surface area contributed by atoms with Crippen LogP contribution in [0, 0.1) is 10.4 Å². The maximum Gasteiger partial charge on any atom is 0.273 e. The molecule has 0 saturated heterocycles. The van der Waals surface area contributed by atoms with E-state index >= 15 is 0 Å². The first kappa shape index (κ1) is 15.6. The highest BCUT2D eigenvalue weighted by Gasteiger charge is 2.17. The summed E-state index contributed by atoms with van der Waals surface area (Å²) in [6.07, 6.45) is 1.10. The van der Waals surface area contributed by atoms with Crippen molar-refractivity contribution in [2.75, 3.05) is 5.43 Å². The zero-order valence-electron chi connectivity index (χ0n) is 12.6. The first-order valence-electron chi connectivity index (χ1n) is 6.67. The Kier molecular flexibility index (Phi) is 4.22. The molecule has 3 N–H and O–H groups in total. The average molecular weight is 304 g/mol. The van der Waals surface area contributed by atoms with Crippen LogP contribution in [0.25, 0.3) is 5.69 Å². The maximum atomic E-state index is 11.1. The monoisotopic (exact) mass is 304 g/mol. The lowest BCUT2D eigenvalue weighted by Crippen LogP contribution is -2.42. The summed E-state index contributed by atoms with van der Waals surface area (Å²) >= 11 is 0. The van der Waals surface area contributed by atoms with Gasteiger partial charge in [-0.25, -0.2) is 5.43 Å². The zero-order valence-corrected chi connectivity index (χ0v) is 12.6. The summed E-state index contributed by atoms with van der Waals surface area (Å²) in [6.45, 7) is 5.65. The lowest BCUT2D eigenvalue weighted by Gasteiger charge is -2.22. The molecule has 0 aliphatic carbocycles. The van der Waals surface area contributed by atoms with Crippen LogP contribution >= 0.6 is 0 Å². The number of para-hydroxylation sites is 1. The Bertz CT molecular complexity index is 715. The molecule has 8 nitrogen and oxygen atoms in total. The van der Waals surface area contributed by atoms with Crippen LogP contribution < -0.4 is 21.1 Å². The summed E-state index contributed by atoms with van der Waals surface area (Å²) in [4.78, 5) is -0.602. The summed E-state index contributed by atoms with van der Waals surface area (Å²) < 4.78 is 1.22. The molecule has 22 heavy (non-hydrogen) atoms. The van der Waals surface area contributed by atoms with Crippen molar-refractivity contribution in [2.24, 2.45) is 0 Å². The van der Waals surface area contributed by atoms with E-state index in [0.29, 0.717) is 5.69 Å². The molecule has 0 bridgehead atoms. The molecule has 0 amide bonds. The van der Waals surface area contributed by atoms with Crippen molar-refractivity contribution in [3.63, 3.8) is 0 Å². The molecule has 0 aliphatic heterocycles. The average Bonchev–Trinajstić information content (AvgIpc) is 2.45. The fourth-order valence-corrected chi connectivity index (χ4v) is 1.72. The van der Waals surface area contributed by atoms with Crippen molar-refractivity contribution in [1.82, 2.24) is 20.1 Å². The molecule has 0 atom stereocenters. The van der Waals surface area contributed by atoms with Crippen molar-refractivity contribution < 1.29 is 5.11 Å². The number of nitrogens with one attached hydrogen (secondary N) is 2. The minimum Gasteiger partial charge on any atom is -0.612 e. The molecule has 0 unspecified atom stereocenters. The smallest absolute Gasteiger partial charge is 0.273 e. The van der Waals surface area contributed by atoms with E-state index in [1.807, 2.05) is 26.8 Å². The number of aromatic nitrogens is 2. The third kappa shape index (κ3) is 3.47. The second kappa shape index (κ2) is 5.94. The zero-order chi connectivity index (χ0) is 16.3. The Balaban J connectivity index is 2.56. The van der Waals surface area contributed by atoms with E-state index in [1.165, 1.54) is 4.68 Å². The molecular formula is C14H18N5O3-. The number of nitrogens with zero attached hydrogens (tertiary/aromatic N) is 3. The van der Waals surface area contributed by atoms with E-state index in [2.05, 4.69) is 16.0 Å². The third-order valence-electron chi connectivity index (χ3n) is 2.74. The van der Waals surface area contributed by atoms with E-state index in [-0.39, 0.29) is 22.5 Å². The Labute approximate surface area is 127 Å². The van der Waals surface area contributed by atoms with Gasteiger partial charge in [-0.3, -0.25) is 0 Å². The number of hydrogen-bond acceptors (Lipinski definition) is 6. The van der Waals surface area contributed by atoms with Gasteiger partial charge < -0.3 is 20.9 Å². The van der Waals surface area contributed by atoms with Crippen LogP contribution in [0.15, 0.2) is 36.5 Å². The normalized spacial score (nSPS) is 11.2. The SMILES string of the molecule is CC(C)(C)NNc1c(O)n(-c2ccccc2)ncc1=[N+]([O-])[O-]. The number of anilines is 1. The molecule has 0 aliphatic rings. The molecule has 0 saturated carbocycles. The van der Waals surface area contributed by atoms with E-state index < -0.39 is 4.90 Å². The van der Waals surface area contributed by atoms with E-state index in [0.717, 1.165) is 6.20 Å². The first-order valence-corrected chi connectivity index (χ1v) is 6.67. The quantitative estimate of drug-likeness (QED) is 0.731. The Morgan fingerprint density at radius 2 is 1.82 bits per heavy atom. The number of hydrazine groups is 1. The van der Waals surface area contributed by atoms with Gasteiger partial charge in [-0.2, -0.15) is 14.7 Å². The molecule has 0 spiro atoms. The van der Waals surface area contributed by atoms with Gasteiger partial charge in [0.05, 0.1) is 5.69 Å². The molecule has 1 aromatic heterocycles. The topological polar surface area (TPSA) is 111 Å². The molecule has 1 heterocycles. The van der Waals surface area contributed by atoms with Crippen molar-refractivity contribution in [3.8, 4) is 11.6 Å². The largest absolute Gasteiger partial charge is 0.612 e. The third-order valence-corrected chi connectivity index (χ3v) is 2.74. The van der Waals surface area contributed by atoms with Crippen molar-refractivity contribution >= 4 is 5.69 Å². The molecule has 2 rings (SSSR count). The highest BCUT2D eigenvalue weighted by Crippen LogP contribution is 2.20. The van der Waals surface area contributed by atoms with Gasteiger partial charge in [0.15, 0.2) is 5.69 Å². The van der Waals surface area contributed by atoms with Crippen LogP contribution in [0.4, 0.5) is 5.69 Å². The van der Waals surface area contributed by atoms with Crippen molar-refractivity contribution in [1.29, 1.82) is 0 Å². The summed E-state index contributed by atoms with van der Waals surface area (Å²) in [5.41, 5.74) is 5.81. The van der Waals surface area contributed by atoms with E-state index in [9.17, 15) is 15.5 Å². The van der Waals surface area contributed by atoms with Gasteiger partial charge in [0, 0.05) is 5.54 Å². The fourth-order valence-electron chi connectivity index (χ4n) is 1.72. The van der Waals surface area contributed by atoms with Crippen LogP contribution in [-0.2, 0) is 0 Å². The summed E-state index contributed by atoms with van der Waals surface area (Å²) in [6, 6.07) is 8.86. The number of rotatable bonds is 3. The Morgan fingerprint density at radius 3 is 2.36 bits per heavy atom. The van der Waals surface area contributed by atoms with E-state index in [1.54, 1.807) is 24.3 Å². The lowest BCUT2D eigenvalue weighted by atomic mass is 10.1. The standard InChI is InChI=1S/C14H18N5O3/c1-14(2,3)17-16-12-11(19(21)22)9-15-18(13(12)20)10-7-5-4-6-8-10/h4-9,16-17H,1-3H3,(H-,15,20,21,22)/q-1. The van der Waals surface area contributed by atoms with Crippen LogP contribution in [0.5, 0.6) is 5.88 Å². The lowest BCUT2D eigenvalue weighted by molar-refractivity contribution is 0.418. The minimum absolute atomic E-state index is 0.0428. The van der Waals surface area contributed by atoms with Crippen LogP contribution in [-0.4, -0.2) is 20.4 Å². The molecule has 2 aromatic rings. The fraction of sp³-hybridized carbons (Fsp3) is 0.286. The minimum atomic E-state index is -0.602. The summed E-state index contributed by atoms with van der Waals surface area (Å²) in [5, 5.41) is 36.2. The second-order valence-electron chi connectivity index (χ2n) is 5.73. The molecule has 118 valence electrons. The Morgan fingerprint density at radius 1 is 1.18 bits per heavy atom. The molecule has 0 fully saturated rings. The molecular weight excluding hydrogens is 286 g/mol. The predicted octanol–water partition coefficient (Wildman–Crippen LogP) is 1.06. The summed E-state index contributed by atoms with van der Waals surface area (Å²) in [7, 11) is 0. The highest BCUT2D eigenvalue weighted by atomic mass is 16.8. The van der Waals surface area contributed by atoms with Crippen molar-refractivity contribution in [2.45, 2.75) is 26.3 Å². The molecule has 8 heteroatoms. The number of hydrogen-bond donors (Lipinski definition) is 3. The number of aromatic hydroxyl groups is 1. The maximum absolute atomic E-state index is 11.1.